The van der Waals surface area contributed by atoms with Crippen LogP contribution in [0.25, 0.3) is 0 Å². The van der Waals surface area contributed by atoms with Gasteiger partial charge in [-0.3, -0.25) is 4.90 Å². The van der Waals surface area contributed by atoms with E-state index in [1.165, 1.54) is 0 Å². The predicted octanol–water partition coefficient (Wildman–Crippen LogP) is 3.47. The van der Waals surface area contributed by atoms with E-state index in [0.717, 1.165) is 17.9 Å². The Hall–Kier alpha value is -1.23. The second-order valence-corrected chi connectivity index (χ2v) is 4.97. The lowest BCUT2D eigenvalue weighted by Gasteiger charge is -2.33. The standard InChI is InChI=1S/C14H18F3NO/c1-19-13-6-2-4-11(8-13)9-18-7-3-5-12(10-18)14(15,16)17/h2,4,6,8,12H,3,5,7,9-10H2,1H3. The molecule has 0 amide bonds. The van der Waals surface area contributed by atoms with Gasteiger partial charge in [-0.2, -0.15) is 13.2 Å². The zero-order valence-corrected chi connectivity index (χ0v) is 10.9. The van der Waals surface area contributed by atoms with E-state index in [9.17, 15) is 13.2 Å². The molecule has 2 rings (SSSR count). The Morgan fingerprint density at radius 1 is 1.37 bits per heavy atom. The SMILES string of the molecule is COc1cccc(CN2CCCC(C(F)(F)F)C2)c1. The molecule has 0 bridgehead atoms. The average Bonchev–Trinajstić information content (AvgIpc) is 2.38. The molecule has 0 aliphatic carbocycles. The number of piperidine rings is 1. The van der Waals surface area contributed by atoms with Crippen LogP contribution in [-0.2, 0) is 6.54 Å². The molecule has 1 aliphatic rings. The van der Waals surface area contributed by atoms with Crippen LogP contribution < -0.4 is 4.74 Å². The molecule has 19 heavy (non-hydrogen) atoms. The molecule has 0 spiro atoms. The van der Waals surface area contributed by atoms with Crippen LogP contribution in [0.15, 0.2) is 24.3 Å². The van der Waals surface area contributed by atoms with Gasteiger partial charge < -0.3 is 4.74 Å². The van der Waals surface area contributed by atoms with Crippen molar-refractivity contribution >= 4 is 0 Å². The van der Waals surface area contributed by atoms with Crippen molar-refractivity contribution in [2.24, 2.45) is 5.92 Å². The second-order valence-electron chi connectivity index (χ2n) is 4.97. The van der Waals surface area contributed by atoms with E-state index in [1.807, 2.05) is 29.2 Å². The van der Waals surface area contributed by atoms with Gasteiger partial charge in [0.25, 0.3) is 0 Å². The molecule has 1 heterocycles. The van der Waals surface area contributed by atoms with Gasteiger partial charge in [-0.05, 0) is 37.1 Å². The first-order chi connectivity index (χ1) is 8.99. The van der Waals surface area contributed by atoms with Crippen LogP contribution in [0, 0.1) is 5.92 Å². The zero-order valence-electron chi connectivity index (χ0n) is 10.9. The lowest BCUT2D eigenvalue weighted by molar-refractivity contribution is -0.187. The van der Waals surface area contributed by atoms with Gasteiger partial charge >= 0.3 is 6.18 Å². The van der Waals surface area contributed by atoms with Crippen LogP contribution in [0.2, 0.25) is 0 Å². The minimum Gasteiger partial charge on any atom is -0.497 e. The van der Waals surface area contributed by atoms with Crippen LogP contribution in [0.5, 0.6) is 5.75 Å². The van der Waals surface area contributed by atoms with Gasteiger partial charge in [0.15, 0.2) is 0 Å². The Labute approximate surface area is 111 Å². The van der Waals surface area contributed by atoms with Gasteiger partial charge in [-0.25, -0.2) is 0 Å². The van der Waals surface area contributed by atoms with Gasteiger partial charge in [-0.1, -0.05) is 12.1 Å². The maximum absolute atomic E-state index is 12.7. The molecule has 0 radical (unpaired) electrons. The van der Waals surface area contributed by atoms with Crippen molar-refractivity contribution in [3.05, 3.63) is 29.8 Å². The van der Waals surface area contributed by atoms with Crippen molar-refractivity contribution in [1.82, 2.24) is 4.90 Å². The molecule has 0 saturated carbocycles. The fourth-order valence-corrected chi connectivity index (χ4v) is 2.50. The topological polar surface area (TPSA) is 12.5 Å². The fraction of sp³-hybridized carbons (Fsp3) is 0.571. The van der Waals surface area contributed by atoms with E-state index >= 15 is 0 Å². The monoisotopic (exact) mass is 273 g/mol. The molecule has 0 N–H and O–H groups in total. The highest BCUT2D eigenvalue weighted by Gasteiger charge is 2.41. The summed E-state index contributed by atoms with van der Waals surface area (Å²) >= 11 is 0. The van der Waals surface area contributed by atoms with Crippen molar-refractivity contribution in [2.75, 3.05) is 20.2 Å². The van der Waals surface area contributed by atoms with Crippen molar-refractivity contribution in [3.63, 3.8) is 0 Å². The first-order valence-corrected chi connectivity index (χ1v) is 6.41. The summed E-state index contributed by atoms with van der Waals surface area (Å²) in [6.07, 6.45) is -3.22. The van der Waals surface area contributed by atoms with E-state index in [1.54, 1.807) is 7.11 Å². The molecule has 1 aliphatic heterocycles. The summed E-state index contributed by atoms with van der Waals surface area (Å²) < 4.78 is 43.3. The third-order valence-corrected chi connectivity index (χ3v) is 3.51. The number of alkyl halides is 3. The third kappa shape index (κ3) is 3.86. The van der Waals surface area contributed by atoms with Crippen molar-refractivity contribution < 1.29 is 17.9 Å². The van der Waals surface area contributed by atoms with Crippen LogP contribution in [0.1, 0.15) is 18.4 Å². The molecule has 1 saturated heterocycles. The highest BCUT2D eigenvalue weighted by Crippen LogP contribution is 2.33. The summed E-state index contributed by atoms with van der Waals surface area (Å²) in [4.78, 5) is 1.87. The number of methoxy groups -OCH3 is 1. The molecular formula is C14H18F3NO. The Bertz CT molecular complexity index is 419. The van der Waals surface area contributed by atoms with Gasteiger partial charge in [-0.15, -0.1) is 0 Å². The number of halogens is 3. The van der Waals surface area contributed by atoms with E-state index in [0.29, 0.717) is 13.0 Å². The van der Waals surface area contributed by atoms with Crippen molar-refractivity contribution in [1.29, 1.82) is 0 Å². The predicted molar refractivity (Wildman–Crippen MR) is 67.1 cm³/mol. The maximum Gasteiger partial charge on any atom is 0.393 e. The Kier molecular flexibility index (Phi) is 4.34. The van der Waals surface area contributed by atoms with Gasteiger partial charge in [0.2, 0.25) is 0 Å². The van der Waals surface area contributed by atoms with E-state index < -0.39 is 12.1 Å². The average molecular weight is 273 g/mol. The van der Waals surface area contributed by atoms with E-state index in [2.05, 4.69) is 0 Å². The maximum atomic E-state index is 12.7. The van der Waals surface area contributed by atoms with E-state index in [4.69, 9.17) is 4.74 Å². The van der Waals surface area contributed by atoms with Gasteiger partial charge in [0, 0.05) is 13.1 Å². The highest BCUT2D eigenvalue weighted by atomic mass is 19.4. The first kappa shape index (κ1) is 14.2. The van der Waals surface area contributed by atoms with Gasteiger partial charge in [0.1, 0.15) is 5.75 Å². The number of hydrogen-bond donors (Lipinski definition) is 0. The van der Waals surface area contributed by atoms with Crippen LogP contribution in [0.4, 0.5) is 13.2 Å². The molecule has 1 unspecified atom stereocenters. The van der Waals surface area contributed by atoms with Crippen molar-refractivity contribution in [3.8, 4) is 5.75 Å². The quantitative estimate of drug-likeness (QED) is 0.836. The third-order valence-electron chi connectivity index (χ3n) is 3.51. The normalized spacial score (nSPS) is 21.4. The van der Waals surface area contributed by atoms with E-state index in [-0.39, 0.29) is 13.0 Å². The molecule has 106 valence electrons. The first-order valence-electron chi connectivity index (χ1n) is 6.41. The second kappa shape index (κ2) is 5.82. The Balaban J connectivity index is 1.98. The zero-order chi connectivity index (χ0) is 13.9. The van der Waals surface area contributed by atoms with Crippen LogP contribution in [-0.4, -0.2) is 31.3 Å². The summed E-state index contributed by atoms with van der Waals surface area (Å²) in [5.41, 5.74) is 0.988. The number of hydrogen-bond acceptors (Lipinski definition) is 2. The van der Waals surface area contributed by atoms with Crippen LogP contribution in [0.3, 0.4) is 0 Å². The van der Waals surface area contributed by atoms with Crippen molar-refractivity contribution in [2.45, 2.75) is 25.6 Å². The summed E-state index contributed by atoms with van der Waals surface area (Å²) in [5.74, 6) is -0.450. The smallest absolute Gasteiger partial charge is 0.393 e. The minimum atomic E-state index is -4.08. The number of nitrogens with zero attached hydrogens (tertiary/aromatic N) is 1. The Morgan fingerprint density at radius 2 is 2.16 bits per heavy atom. The Morgan fingerprint density at radius 3 is 2.84 bits per heavy atom. The highest BCUT2D eigenvalue weighted by molar-refractivity contribution is 5.28. The molecule has 1 fully saturated rings. The number of likely N-dealkylation sites (tertiary alicyclic amines) is 1. The molecule has 0 aromatic heterocycles. The fourth-order valence-electron chi connectivity index (χ4n) is 2.50. The van der Waals surface area contributed by atoms with Crippen LogP contribution >= 0.6 is 0 Å². The number of benzene rings is 1. The molecule has 1 aromatic rings. The molecule has 1 atom stereocenters. The summed E-state index contributed by atoms with van der Waals surface area (Å²) in [6.45, 7) is 1.37. The number of ether oxygens (including phenoxy) is 1. The minimum absolute atomic E-state index is 0.0979. The molecular weight excluding hydrogens is 255 g/mol. The lowest BCUT2D eigenvalue weighted by atomic mass is 9.97. The molecule has 5 heteroatoms. The number of rotatable bonds is 3. The molecule has 1 aromatic carbocycles. The summed E-state index contributed by atoms with van der Waals surface area (Å²) in [5, 5.41) is 0. The largest absolute Gasteiger partial charge is 0.497 e. The molecule has 2 nitrogen and oxygen atoms in total. The lowest BCUT2D eigenvalue weighted by Crippen LogP contribution is -2.41. The summed E-state index contributed by atoms with van der Waals surface area (Å²) in [6, 6.07) is 7.48. The summed E-state index contributed by atoms with van der Waals surface area (Å²) in [7, 11) is 1.58. The van der Waals surface area contributed by atoms with Gasteiger partial charge in [0.05, 0.1) is 13.0 Å².